The number of nitrogen functional groups attached to an aromatic ring is 1. The summed E-state index contributed by atoms with van der Waals surface area (Å²) in [6.45, 7) is 3.70. The number of nitrogens with one attached hydrogen (secondary N) is 1. The first kappa shape index (κ1) is 19.8. The molecule has 0 radical (unpaired) electrons. The van der Waals surface area contributed by atoms with E-state index < -0.39 is 22.3 Å². The zero-order valence-electron chi connectivity index (χ0n) is 16.5. The van der Waals surface area contributed by atoms with Crippen LogP contribution in [0.1, 0.15) is 31.8 Å². The predicted octanol–water partition coefficient (Wildman–Crippen LogP) is 2.62. The highest BCUT2D eigenvalue weighted by atomic mass is 16.6. The summed E-state index contributed by atoms with van der Waals surface area (Å²) in [5, 5.41) is 13.6. The van der Waals surface area contributed by atoms with Crippen molar-refractivity contribution in [1.29, 1.82) is 0 Å². The number of rotatable bonds is 4. The number of ether oxygens (including phenoxy) is 1. The van der Waals surface area contributed by atoms with Crippen LogP contribution in [0.4, 0.5) is 11.5 Å². The molecule has 2 heterocycles. The molecule has 0 bridgehead atoms. The number of benzene rings is 2. The quantitative estimate of drug-likeness (QED) is 0.375. The minimum absolute atomic E-state index is 0.0203. The summed E-state index contributed by atoms with van der Waals surface area (Å²) in [5.41, 5.74) is 6.43. The summed E-state index contributed by atoms with van der Waals surface area (Å²) in [6.07, 6.45) is 0. The SMILES string of the molecule is Cc1ccc(C)c(Oc2cc(-n3c(N)c4c(cc3=O)C(=O)NC4=O)cc([N+](=O)[O-])c2)c1. The third kappa shape index (κ3) is 3.39. The van der Waals surface area contributed by atoms with Gasteiger partial charge >= 0.3 is 0 Å². The molecule has 10 heteroatoms. The van der Waals surface area contributed by atoms with E-state index in [4.69, 9.17) is 10.5 Å². The van der Waals surface area contributed by atoms with Crippen molar-refractivity contribution in [2.24, 2.45) is 0 Å². The van der Waals surface area contributed by atoms with E-state index in [2.05, 4.69) is 5.32 Å². The van der Waals surface area contributed by atoms with E-state index in [0.717, 1.165) is 27.8 Å². The van der Waals surface area contributed by atoms with Gasteiger partial charge in [0.05, 0.1) is 27.8 Å². The lowest BCUT2D eigenvalue weighted by molar-refractivity contribution is -0.384. The molecular formula is C21H16N4O6. The maximum atomic E-state index is 12.7. The number of hydrogen-bond donors (Lipinski definition) is 2. The lowest BCUT2D eigenvalue weighted by Crippen LogP contribution is -2.24. The molecule has 10 nitrogen and oxygen atoms in total. The van der Waals surface area contributed by atoms with Gasteiger partial charge in [-0.05, 0) is 31.0 Å². The molecule has 0 saturated heterocycles. The number of fused-ring (bicyclic) bond motifs is 1. The smallest absolute Gasteiger partial charge is 0.275 e. The van der Waals surface area contributed by atoms with E-state index >= 15 is 0 Å². The number of nitro groups is 1. The zero-order valence-corrected chi connectivity index (χ0v) is 16.5. The number of anilines is 1. The molecule has 2 aromatic carbocycles. The van der Waals surface area contributed by atoms with Crippen LogP contribution in [-0.4, -0.2) is 21.3 Å². The van der Waals surface area contributed by atoms with Crippen molar-refractivity contribution in [2.45, 2.75) is 13.8 Å². The van der Waals surface area contributed by atoms with Crippen LogP contribution in [-0.2, 0) is 0 Å². The highest BCUT2D eigenvalue weighted by molar-refractivity contribution is 6.23. The van der Waals surface area contributed by atoms with Crippen molar-refractivity contribution in [1.82, 2.24) is 9.88 Å². The Hall–Kier alpha value is -4.47. The molecule has 0 spiro atoms. The largest absolute Gasteiger partial charge is 0.457 e. The molecule has 2 amide bonds. The highest BCUT2D eigenvalue weighted by Crippen LogP contribution is 2.32. The average Bonchev–Trinajstić information content (AvgIpc) is 2.98. The summed E-state index contributed by atoms with van der Waals surface area (Å²) in [5.74, 6) is -1.18. The number of nitro benzene ring substituents is 1. The molecular weight excluding hydrogens is 404 g/mol. The molecule has 156 valence electrons. The van der Waals surface area contributed by atoms with E-state index in [1.807, 2.05) is 26.0 Å². The zero-order chi connectivity index (χ0) is 22.4. The number of aromatic nitrogens is 1. The molecule has 3 aromatic rings. The summed E-state index contributed by atoms with van der Waals surface area (Å²) >= 11 is 0. The van der Waals surface area contributed by atoms with Gasteiger partial charge in [-0.3, -0.25) is 34.4 Å². The van der Waals surface area contributed by atoms with Gasteiger partial charge in [0.15, 0.2) is 0 Å². The molecule has 0 saturated carbocycles. The number of non-ortho nitro benzene ring substituents is 1. The number of amides is 2. The second-order valence-corrected chi connectivity index (χ2v) is 7.09. The van der Waals surface area contributed by atoms with Gasteiger partial charge in [-0.2, -0.15) is 0 Å². The molecule has 0 fully saturated rings. The van der Waals surface area contributed by atoms with Crippen molar-refractivity contribution in [3.8, 4) is 17.2 Å². The van der Waals surface area contributed by atoms with Gasteiger partial charge < -0.3 is 10.5 Å². The second kappa shape index (κ2) is 7.10. The van der Waals surface area contributed by atoms with Crippen molar-refractivity contribution >= 4 is 23.3 Å². The van der Waals surface area contributed by atoms with Gasteiger partial charge in [0, 0.05) is 18.2 Å². The number of carbonyl (C=O) groups excluding carboxylic acids is 2. The van der Waals surface area contributed by atoms with Gasteiger partial charge in [0.2, 0.25) is 0 Å². The second-order valence-electron chi connectivity index (χ2n) is 7.09. The fourth-order valence-electron chi connectivity index (χ4n) is 3.35. The monoisotopic (exact) mass is 420 g/mol. The molecule has 1 aliphatic rings. The van der Waals surface area contributed by atoms with Crippen LogP contribution >= 0.6 is 0 Å². The number of imide groups is 1. The molecule has 1 aromatic heterocycles. The van der Waals surface area contributed by atoms with E-state index in [1.54, 1.807) is 6.07 Å². The van der Waals surface area contributed by atoms with E-state index in [0.29, 0.717) is 5.75 Å². The lowest BCUT2D eigenvalue weighted by Gasteiger charge is -2.14. The molecule has 1 aliphatic heterocycles. The molecule has 4 rings (SSSR count). The molecule has 3 N–H and O–H groups in total. The van der Waals surface area contributed by atoms with Crippen molar-refractivity contribution in [3.63, 3.8) is 0 Å². The van der Waals surface area contributed by atoms with Gasteiger partial charge in [0.1, 0.15) is 17.3 Å². The minimum Gasteiger partial charge on any atom is -0.457 e. The Labute approximate surface area is 175 Å². The minimum atomic E-state index is -0.747. The maximum absolute atomic E-state index is 12.7. The van der Waals surface area contributed by atoms with Gasteiger partial charge in [-0.15, -0.1) is 0 Å². The fraction of sp³-hybridized carbons (Fsp3) is 0.0952. The number of carbonyl (C=O) groups is 2. The Bertz CT molecular complexity index is 1360. The van der Waals surface area contributed by atoms with Gasteiger partial charge in [-0.25, -0.2) is 0 Å². The standard InChI is InChI=1S/C21H16N4O6/c1-10-3-4-11(2)16(5-10)31-14-7-12(6-13(8-14)25(29)30)24-17(26)9-15-18(19(24)22)21(28)23-20(15)27/h3-9H,22H2,1-2H3,(H,23,27,28). The average molecular weight is 420 g/mol. The van der Waals surface area contributed by atoms with Crippen LogP contribution in [0, 0.1) is 24.0 Å². The van der Waals surface area contributed by atoms with Crippen LogP contribution < -0.4 is 21.3 Å². The first-order valence-electron chi connectivity index (χ1n) is 9.12. The molecule has 0 atom stereocenters. The Balaban J connectivity index is 1.91. The third-order valence-electron chi connectivity index (χ3n) is 4.87. The Kier molecular flexibility index (Phi) is 4.54. The maximum Gasteiger partial charge on any atom is 0.275 e. The Morgan fingerprint density at radius 1 is 1.03 bits per heavy atom. The van der Waals surface area contributed by atoms with E-state index in [-0.39, 0.29) is 34.1 Å². The third-order valence-corrected chi connectivity index (χ3v) is 4.87. The van der Waals surface area contributed by atoms with Crippen LogP contribution in [0.3, 0.4) is 0 Å². The summed E-state index contributed by atoms with van der Waals surface area (Å²) < 4.78 is 6.79. The van der Waals surface area contributed by atoms with E-state index in [1.165, 1.54) is 12.1 Å². The van der Waals surface area contributed by atoms with Crippen LogP contribution in [0.25, 0.3) is 5.69 Å². The van der Waals surface area contributed by atoms with Crippen molar-refractivity contribution in [3.05, 3.63) is 85.2 Å². The van der Waals surface area contributed by atoms with Crippen LogP contribution in [0.5, 0.6) is 11.5 Å². The topological polar surface area (TPSA) is 147 Å². The van der Waals surface area contributed by atoms with Crippen molar-refractivity contribution in [2.75, 3.05) is 5.73 Å². The molecule has 0 unspecified atom stereocenters. The highest BCUT2D eigenvalue weighted by Gasteiger charge is 2.32. The van der Waals surface area contributed by atoms with E-state index in [9.17, 15) is 24.5 Å². The van der Waals surface area contributed by atoms with Gasteiger partial charge in [0.25, 0.3) is 23.1 Å². The first-order valence-corrected chi connectivity index (χ1v) is 9.12. The number of pyridine rings is 1. The normalized spacial score (nSPS) is 12.5. The number of nitrogens with zero attached hydrogens (tertiary/aromatic N) is 2. The van der Waals surface area contributed by atoms with Gasteiger partial charge in [-0.1, -0.05) is 12.1 Å². The fourth-order valence-corrected chi connectivity index (χ4v) is 3.35. The summed E-state index contributed by atoms with van der Waals surface area (Å²) in [4.78, 5) is 47.5. The summed E-state index contributed by atoms with van der Waals surface area (Å²) in [6, 6.07) is 10.2. The Morgan fingerprint density at radius 2 is 1.77 bits per heavy atom. The first-order chi connectivity index (χ1) is 14.7. The predicted molar refractivity (Wildman–Crippen MR) is 111 cm³/mol. The summed E-state index contributed by atoms with van der Waals surface area (Å²) in [7, 11) is 0. The lowest BCUT2D eigenvalue weighted by atomic mass is 10.1. The van der Waals surface area contributed by atoms with Crippen LogP contribution in [0.2, 0.25) is 0 Å². The van der Waals surface area contributed by atoms with Crippen LogP contribution in [0.15, 0.2) is 47.3 Å². The molecule has 31 heavy (non-hydrogen) atoms. The number of nitrogens with two attached hydrogens (primary N) is 1. The number of aryl methyl sites for hydroxylation is 2. The molecule has 0 aliphatic carbocycles. The number of hydrogen-bond acceptors (Lipinski definition) is 7. The Morgan fingerprint density at radius 3 is 2.48 bits per heavy atom. The van der Waals surface area contributed by atoms with Crippen molar-refractivity contribution < 1.29 is 19.2 Å².